The number of hydrogen-bond acceptors (Lipinski definition) is 4. The zero-order chi connectivity index (χ0) is 15.6. The highest BCUT2D eigenvalue weighted by Crippen LogP contribution is 2.48. The molecule has 0 aliphatic rings. The SMILES string of the molecule is Ic1ccc(C(c2cccs2)C(c2cccs2)c2cccs2)s1. The Bertz CT molecular complexity index is 807. The summed E-state index contributed by atoms with van der Waals surface area (Å²) in [6, 6.07) is 17.9. The molecule has 4 aromatic heterocycles. The minimum atomic E-state index is 0.404. The quantitative estimate of drug-likeness (QED) is 0.257. The highest BCUT2D eigenvalue weighted by Gasteiger charge is 2.31. The van der Waals surface area contributed by atoms with Crippen LogP contribution < -0.4 is 0 Å². The van der Waals surface area contributed by atoms with Crippen LogP contribution in [0.1, 0.15) is 31.3 Å². The van der Waals surface area contributed by atoms with Gasteiger partial charge in [-0.3, -0.25) is 0 Å². The van der Waals surface area contributed by atoms with E-state index in [1.165, 1.54) is 22.4 Å². The van der Waals surface area contributed by atoms with Gasteiger partial charge in [-0.1, -0.05) is 18.2 Å². The average Bonchev–Trinajstić information content (AvgIpc) is 3.31. The number of hydrogen-bond donors (Lipinski definition) is 0. The fourth-order valence-electron chi connectivity index (χ4n) is 2.84. The van der Waals surface area contributed by atoms with E-state index in [9.17, 15) is 0 Å². The first-order chi connectivity index (χ1) is 11.3. The summed E-state index contributed by atoms with van der Waals surface area (Å²) in [5.41, 5.74) is 0. The summed E-state index contributed by atoms with van der Waals surface area (Å²) in [6.07, 6.45) is 0. The summed E-state index contributed by atoms with van der Waals surface area (Å²) in [5, 5.41) is 6.58. The third-order valence-electron chi connectivity index (χ3n) is 3.78. The predicted molar refractivity (Wildman–Crippen MR) is 114 cm³/mol. The first-order valence-electron chi connectivity index (χ1n) is 7.18. The lowest BCUT2D eigenvalue weighted by Crippen LogP contribution is -2.10. The lowest BCUT2D eigenvalue weighted by Gasteiger charge is -2.24. The van der Waals surface area contributed by atoms with Crippen molar-refractivity contribution in [1.82, 2.24) is 0 Å². The van der Waals surface area contributed by atoms with Crippen molar-refractivity contribution in [2.45, 2.75) is 11.8 Å². The summed E-state index contributed by atoms with van der Waals surface area (Å²) < 4.78 is 1.36. The van der Waals surface area contributed by atoms with E-state index in [4.69, 9.17) is 0 Å². The Balaban J connectivity index is 1.88. The van der Waals surface area contributed by atoms with Gasteiger partial charge in [0, 0.05) is 31.3 Å². The molecule has 4 aromatic rings. The summed E-state index contributed by atoms with van der Waals surface area (Å²) in [5.74, 6) is 0.809. The molecule has 0 fully saturated rings. The standard InChI is InChI=1S/C18H13IS4/c19-16-8-7-15(23-16)18(14-6-3-11-22-14)17(12-4-1-9-20-12)13-5-2-10-21-13/h1-11,17-18H. The van der Waals surface area contributed by atoms with Crippen LogP contribution in [-0.2, 0) is 0 Å². The summed E-state index contributed by atoms with van der Waals surface area (Å²) >= 11 is 9.96. The van der Waals surface area contributed by atoms with Crippen LogP contribution >= 0.6 is 67.9 Å². The molecule has 23 heavy (non-hydrogen) atoms. The topological polar surface area (TPSA) is 0 Å². The molecule has 1 unspecified atom stereocenters. The van der Waals surface area contributed by atoms with Crippen LogP contribution in [0.4, 0.5) is 0 Å². The minimum absolute atomic E-state index is 0.404. The third kappa shape index (κ3) is 3.35. The van der Waals surface area contributed by atoms with E-state index in [1.807, 2.05) is 45.3 Å². The molecule has 0 saturated carbocycles. The van der Waals surface area contributed by atoms with Crippen LogP contribution in [0.15, 0.2) is 64.7 Å². The van der Waals surface area contributed by atoms with Gasteiger partial charge in [-0.05, 0) is 69.1 Å². The Morgan fingerprint density at radius 2 is 1.09 bits per heavy atom. The van der Waals surface area contributed by atoms with Gasteiger partial charge in [0.25, 0.3) is 0 Å². The molecule has 0 aliphatic carbocycles. The molecule has 0 N–H and O–H groups in total. The van der Waals surface area contributed by atoms with Gasteiger partial charge in [0.05, 0.1) is 2.88 Å². The molecule has 0 aromatic carbocycles. The van der Waals surface area contributed by atoms with Gasteiger partial charge in [-0.25, -0.2) is 0 Å². The van der Waals surface area contributed by atoms with E-state index in [0.29, 0.717) is 11.8 Å². The van der Waals surface area contributed by atoms with Crippen LogP contribution in [0.25, 0.3) is 0 Å². The molecule has 116 valence electrons. The summed E-state index contributed by atoms with van der Waals surface area (Å²) in [6.45, 7) is 0. The Labute approximate surface area is 165 Å². The zero-order valence-corrected chi connectivity index (χ0v) is 17.4. The second-order valence-corrected chi connectivity index (χ2v) is 11.1. The van der Waals surface area contributed by atoms with Gasteiger partial charge in [0.1, 0.15) is 0 Å². The molecule has 0 aliphatic heterocycles. The maximum atomic E-state index is 2.43. The van der Waals surface area contributed by atoms with Gasteiger partial charge in [-0.15, -0.1) is 45.3 Å². The van der Waals surface area contributed by atoms with Crippen molar-refractivity contribution in [3.05, 3.63) is 87.1 Å². The molecule has 1 atom stereocenters. The maximum Gasteiger partial charge on any atom is 0.0656 e. The average molecular weight is 484 g/mol. The Hall–Kier alpha value is -0.470. The molecular weight excluding hydrogens is 471 g/mol. The van der Waals surface area contributed by atoms with E-state index in [-0.39, 0.29) is 0 Å². The van der Waals surface area contributed by atoms with Crippen molar-refractivity contribution in [1.29, 1.82) is 0 Å². The first-order valence-corrected chi connectivity index (χ1v) is 11.7. The Morgan fingerprint density at radius 3 is 1.43 bits per heavy atom. The number of halogens is 1. The molecule has 0 amide bonds. The minimum Gasteiger partial charge on any atom is -0.148 e. The second kappa shape index (κ2) is 7.19. The van der Waals surface area contributed by atoms with Crippen LogP contribution in [0, 0.1) is 2.88 Å². The molecule has 0 radical (unpaired) electrons. The second-order valence-electron chi connectivity index (χ2n) is 5.14. The smallest absolute Gasteiger partial charge is 0.0656 e. The van der Waals surface area contributed by atoms with Crippen molar-refractivity contribution < 1.29 is 0 Å². The molecule has 0 saturated heterocycles. The van der Waals surface area contributed by atoms with E-state index in [1.54, 1.807) is 0 Å². The molecule has 0 spiro atoms. The highest BCUT2D eigenvalue weighted by atomic mass is 127. The first kappa shape index (κ1) is 16.0. The van der Waals surface area contributed by atoms with E-state index in [0.717, 1.165) is 0 Å². The molecule has 0 bridgehead atoms. The summed E-state index contributed by atoms with van der Waals surface area (Å²) in [4.78, 5) is 5.82. The van der Waals surface area contributed by atoms with Gasteiger partial charge in [0.2, 0.25) is 0 Å². The molecule has 4 rings (SSSR count). The molecular formula is C18H13IS4. The van der Waals surface area contributed by atoms with Crippen LogP contribution in [0.2, 0.25) is 0 Å². The number of rotatable bonds is 5. The van der Waals surface area contributed by atoms with Crippen molar-refractivity contribution in [2.75, 3.05) is 0 Å². The van der Waals surface area contributed by atoms with Crippen LogP contribution in [-0.4, -0.2) is 0 Å². The monoisotopic (exact) mass is 484 g/mol. The summed E-state index contributed by atoms with van der Waals surface area (Å²) in [7, 11) is 0. The van der Waals surface area contributed by atoms with Crippen molar-refractivity contribution >= 4 is 67.9 Å². The third-order valence-corrected chi connectivity index (χ3v) is 8.63. The normalized spacial score (nSPS) is 12.8. The van der Waals surface area contributed by atoms with Crippen molar-refractivity contribution in [3.63, 3.8) is 0 Å². The molecule has 5 heteroatoms. The Kier molecular flexibility index (Phi) is 5.01. The van der Waals surface area contributed by atoms with Gasteiger partial charge in [-0.2, -0.15) is 0 Å². The van der Waals surface area contributed by atoms with Crippen molar-refractivity contribution in [3.8, 4) is 0 Å². The van der Waals surface area contributed by atoms with Crippen LogP contribution in [0.3, 0.4) is 0 Å². The Morgan fingerprint density at radius 1 is 0.609 bits per heavy atom. The van der Waals surface area contributed by atoms with Gasteiger partial charge in [0.15, 0.2) is 0 Å². The predicted octanol–water partition coefficient (Wildman–Crippen LogP) is 7.50. The lowest BCUT2D eigenvalue weighted by atomic mass is 9.87. The molecule has 4 heterocycles. The number of thiophene rings is 4. The van der Waals surface area contributed by atoms with Gasteiger partial charge >= 0.3 is 0 Å². The van der Waals surface area contributed by atoms with E-state index in [2.05, 4.69) is 87.3 Å². The van der Waals surface area contributed by atoms with Crippen LogP contribution in [0.5, 0.6) is 0 Å². The highest BCUT2D eigenvalue weighted by molar-refractivity contribution is 14.1. The molecule has 0 nitrogen and oxygen atoms in total. The fourth-order valence-corrected chi connectivity index (χ4v) is 7.46. The van der Waals surface area contributed by atoms with E-state index >= 15 is 0 Å². The largest absolute Gasteiger partial charge is 0.148 e. The zero-order valence-electron chi connectivity index (χ0n) is 12.0. The lowest BCUT2D eigenvalue weighted by molar-refractivity contribution is 0.741. The van der Waals surface area contributed by atoms with Gasteiger partial charge < -0.3 is 0 Å². The maximum absolute atomic E-state index is 2.43. The fraction of sp³-hybridized carbons (Fsp3) is 0.111. The van der Waals surface area contributed by atoms with E-state index < -0.39 is 0 Å². The van der Waals surface area contributed by atoms with Crippen molar-refractivity contribution in [2.24, 2.45) is 0 Å².